The van der Waals surface area contributed by atoms with Gasteiger partial charge in [0.15, 0.2) is 0 Å². The van der Waals surface area contributed by atoms with Gasteiger partial charge in [-0.25, -0.2) is 0 Å². The number of piperidine rings is 1. The first kappa shape index (κ1) is 15.5. The first-order chi connectivity index (χ1) is 8.95. The van der Waals surface area contributed by atoms with Crippen LogP contribution in [0.5, 0.6) is 0 Å². The summed E-state index contributed by atoms with van der Waals surface area (Å²) < 4.78 is 0. The molecule has 2 amide bonds. The largest absolute Gasteiger partial charge is 0.481 e. The molecule has 1 unspecified atom stereocenters. The van der Waals surface area contributed by atoms with E-state index in [9.17, 15) is 14.4 Å². The van der Waals surface area contributed by atoms with Crippen molar-refractivity contribution in [3.8, 4) is 0 Å². The SMILES string of the molecule is CCCC(=O)N(C)CC(=O)N1CCCC(C(=O)O)C1. The predicted molar refractivity (Wildman–Crippen MR) is 69.5 cm³/mol. The number of amides is 2. The van der Waals surface area contributed by atoms with Crippen LogP contribution in [-0.4, -0.2) is 59.4 Å². The molecule has 0 aromatic heterocycles. The molecule has 0 saturated carbocycles. The summed E-state index contributed by atoms with van der Waals surface area (Å²) >= 11 is 0. The zero-order chi connectivity index (χ0) is 14.4. The van der Waals surface area contributed by atoms with E-state index in [0.29, 0.717) is 25.8 Å². The number of hydrogen-bond donors (Lipinski definition) is 1. The molecule has 19 heavy (non-hydrogen) atoms. The summed E-state index contributed by atoms with van der Waals surface area (Å²) in [5, 5.41) is 8.98. The van der Waals surface area contributed by atoms with Crippen LogP contribution in [0.25, 0.3) is 0 Å². The fourth-order valence-corrected chi connectivity index (χ4v) is 2.20. The molecule has 1 heterocycles. The van der Waals surface area contributed by atoms with E-state index in [0.717, 1.165) is 6.42 Å². The van der Waals surface area contributed by atoms with Crippen LogP contribution in [0, 0.1) is 5.92 Å². The van der Waals surface area contributed by atoms with E-state index in [4.69, 9.17) is 5.11 Å². The first-order valence-corrected chi connectivity index (χ1v) is 6.70. The van der Waals surface area contributed by atoms with E-state index in [-0.39, 0.29) is 24.9 Å². The molecule has 0 aliphatic carbocycles. The molecule has 0 spiro atoms. The quantitative estimate of drug-likeness (QED) is 0.792. The van der Waals surface area contributed by atoms with Gasteiger partial charge in [0.25, 0.3) is 0 Å². The van der Waals surface area contributed by atoms with Gasteiger partial charge in [-0.3, -0.25) is 14.4 Å². The minimum Gasteiger partial charge on any atom is -0.481 e. The second kappa shape index (κ2) is 7.11. The van der Waals surface area contributed by atoms with Gasteiger partial charge in [-0.2, -0.15) is 0 Å². The molecule has 1 aliphatic rings. The lowest BCUT2D eigenvalue weighted by Crippen LogP contribution is -2.46. The fourth-order valence-electron chi connectivity index (χ4n) is 2.20. The molecule has 1 aliphatic heterocycles. The Kier molecular flexibility index (Phi) is 5.79. The lowest BCUT2D eigenvalue weighted by molar-refractivity contribution is -0.147. The van der Waals surface area contributed by atoms with Crippen LogP contribution < -0.4 is 0 Å². The minimum atomic E-state index is -0.854. The van der Waals surface area contributed by atoms with Gasteiger partial charge in [0.1, 0.15) is 0 Å². The van der Waals surface area contributed by atoms with Gasteiger partial charge in [0.2, 0.25) is 11.8 Å². The Bertz CT molecular complexity index is 357. The number of likely N-dealkylation sites (N-methyl/N-ethyl adjacent to an activating group) is 1. The molecule has 1 saturated heterocycles. The van der Waals surface area contributed by atoms with Crippen molar-refractivity contribution in [2.45, 2.75) is 32.6 Å². The van der Waals surface area contributed by atoms with E-state index in [1.165, 1.54) is 4.90 Å². The van der Waals surface area contributed by atoms with Crippen LogP contribution in [0.15, 0.2) is 0 Å². The molecule has 0 aromatic carbocycles. The highest BCUT2D eigenvalue weighted by atomic mass is 16.4. The average molecular weight is 270 g/mol. The Morgan fingerprint density at radius 1 is 1.37 bits per heavy atom. The Morgan fingerprint density at radius 2 is 2.05 bits per heavy atom. The monoisotopic (exact) mass is 270 g/mol. The number of nitrogens with zero attached hydrogens (tertiary/aromatic N) is 2. The molecule has 1 N–H and O–H groups in total. The van der Waals surface area contributed by atoms with E-state index in [2.05, 4.69) is 0 Å². The normalized spacial score (nSPS) is 19.1. The highest BCUT2D eigenvalue weighted by Crippen LogP contribution is 2.16. The number of carbonyl (C=O) groups excluding carboxylic acids is 2. The van der Waals surface area contributed by atoms with Crippen LogP contribution in [0.4, 0.5) is 0 Å². The summed E-state index contributed by atoms with van der Waals surface area (Å²) in [6, 6.07) is 0. The third-order valence-electron chi connectivity index (χ3n) is 3.39. The second-order valence-corrected chi connectivity index (χ2v) is 5.02. The molecule has 108 valence electrons. The van der Waals surface area contributed by atoms with Gasteiger partial charge in [-0.1, -0.05) is 6.92 Å². The van der Waals surface area contributed by atoms with Crippen molar-refractivity contribution in [3.05, 3.63) is 0 Å². The number of carboxylic acids is 1. The van der Waals surface area contributed by atoms with Crippen molar-refractivity contribution < 1.29 is 19.5 Å². The molecule has 1 fully saturated rings. The minimum absolute atomic E-state index is 0.0329. The Hall–Kier alpha value is -1.59. The lowest BCUT2D eigenvalue weighted by atomic mass is 9.98. The summed E-state index contributed by atoms with van der Waals surface area (Å²) in [7, 11) is 1.61. The van der Waals surface area contributed by atoms with Crippen molar-refractivity contribution in [2.75, 3.05) is 26.7 Å². The molecular formula is C13H22N2O4. The molecule has 1 atom stereocenters. The number of aliphatic carboxylic acids is 1. The summed E-state index contributed by atoms with van der Waals surface area (Å²) in [6.07, 6.45) is 2.50. The number of likely N-dealkylation sites (tertiary alicyclic amines) is 1. The van der Waals surface area contributed by atoms with Crippen LogP contribution in [0.1, 0.15) is 32.6 Å². The van der Waals surface area contributed by atoms with Gasteiger partial charge in [0, 0.05) is 26.6 Å². The molecule has 0 bridgehead atoms. The fraction of sp³-hybridized carbons (Fsp3) is 0.769. The summed E-state index contributed by atoms with van der Waals surface area (Å²) in [5.74, 6) is -1.55. The number of hydrogen-bond acceptors (Lipinski definition) is 3. The van der Waals surface area contributed by atoms with E-state index < -0.39 is 11.9 Å². The van der Waals surface area contributed by atoms with Crippen molar-refractivity contribution >= 4 is 17.8 Å². The topological polar surface area (TPSA) is 77.9 Å². The summed E-state index contributed by atoms with van der Waals surface area (Å²) in [5.41, 5.74) is 0. The maximum Gasteiger partial charge on any atom is 0.308 e. The van der Waals surface area contributed by atoms with Crippen molar-refractivity contribution in [2.24, 2.45) is 5.92 Å². The van der Waals surface area contributed by atoms with Crippen molar-refractivity contribution in [3.63, 3.8) is 0 Å². The van der Waals surface area contributed by atoms with E-state index >= 15 is 0 Å². The highest BCUT2D eigenvalue weighted by molar-refractivity contribution is 5.85. The molecule has 0 aromatic rings. The number of carbonyl (C=O) groups is 3. The molecule has 6 nitrogen and oxygen atoms in total. The van der Waals surface area contributed by atoms with Gasteiger partial charge in [0.05, 0.1) is 12.5 Å². The number of carboxylic acid groups (broad SMARTS) is 1. The molecule has 0 radical (unpaired) electrons. The van der Waals surface area contributed by atoms with Crippen LogP contribution in [0.3, 0.4) is 0 Å². The average Bonchev–Trinajstić information content (AvgIpc) is 2.39. The molecule has 1 rings (SSSR count). The summed E-state index contributed by atoms with van der Waals surface area (Å²) in [4.78, 5) is 37.5. The van der Waals surface area contributed by atoms with Crippen molar-refractivity contribution in [1.82, 2.24) is 9.80 Å². The third kappa shape index (κ3) is 4.54. The zero-order valence-electron chi connectivity index (χ0n) is 11.6. The van der Waals surface area contributed by atoms with Crippen LogP contribution in [-0.2, 0) is 14.4 Å². The van der Waals surface area contributed by atoms with E-state index in [1.54, 1.807) is 11.9 Å². The standard InChI is InChI=1S/C13H22N2O4/c1-3-5-11(16)14(2)9-12(17)15-7-4-6-10(8-15)13(18)19/h10H,3-9H2,1-2H3,(H,18,19). The predicted octanol–water partition coefficient (Wildman–Crippen LogP) is 0.568. The Morgan fingerprint density at radius 3 is 2.63 bits per heavy atom. The molecule has 6 heteroatoms. The van der Waals surface area contributed by atoms with Crippen LogP contribution in [0.2, 0.25) is 0 Å². The van der Waals surface area contributed by atoms with Crippen LogP contribution >= 0.6 is 0 Å². The summed E-state index contributed by atoms with van der Waals surface area (Å²) in [6.45, 7) is 2.78. The maximum absolute atomic E-state index is 12.0. The highest BCUT2D eigenvalue weighted by Gasteiger charge is 2.28. The van der Waals surface area contributed by atoms with E-state index in [1.807, 2.05) is 6.92 Å². The van der Waals surface area contributed by atoms with Gasteiger partial charge >= 0.3 is 5.97 Å². The van der Waals surface area contributed by atoms with Gasteiger partial charge < -0.3 is 14.9 Å². The lowest BCUT2D eigenvalue weighted by Gasteiger charge is -2.32. The van der Waals surface area contributed by atoms with Crippen molar-refractivity contribution in [1.29, 1.82) is 0 Å². The van der Waals surface area contributed by atoms with Gasteiger partial charge in [-0.15, -0.1) is 0 Å². The van der Waals surface area contributed by atoms with Gasteiger partial charge in [-0.05, 0) is 19.3 Å². The molecular weight excluding hydrogens is 248 g/mol. The smallest absolute Gasteiger partial charge is 0.308 e. The number of rotatable bonds is 5. The Balaban J connectivity index is 2.48. The maximum atomic E-state index is 12.0. The zero-order valence-corrected chi connectivity index (χ0v) is 11.6. The second-order valence-electron chi connectivity index (χ2n) is 5.02. The first-order valence-electron chi connectivity index (χ1n) is 6.70. The Labute approximate surface area is 113 Å². The third-order valence-corrected chi connectivity index (χ3v) is 3.39.